The molecule has 2 aromatic heterocycles. The lowest BCUT2D eigenvalue weighted by Crippen LogP contribution is -1.91. The fourth-order valence-corrected chi connectivity index (χ4v) is 3.25. The first-order chi connectivity index (χ1) is 14.9. The second-order valence-corrected chi connectivity index (χ2v) is 7.31. The van der Waals surface area contributed by atoms with Gasteiger partial charge < -0.3 is 4.42 Å². The number of halogens is 2. The van der Waals surface area contributed by atoms with Crippen molar-refractivity contribution < 1.29 is 14.1 Å². The number of carbonyl (C=O) groups excluding carboxylic acids is 1. The standard InChI is InChI=1S/C22H13Cl2N3O4/c23-17-6-4-13(11-18(17)24)20-8-9-21(31-20)19(28)7-5-15-12-25-26-22(15)14-2-1-3-16(10-14)27(29)30/h1-12H,(H,25,26)/b7-5+. The number of aromatic nitrogens is 2. The van der Waals surface area contributed by atoms with Crippen molar-refractivity contribution in [3.8, 4) is 22.6 Å². The molecule has 154 valence electrons. The highest BCUT2D eigenvalue weighted by atomic mass is 35.5. The summed E-state index contributed by atoms with van der Waals surface area (Å²) in [6.07, 6.45) is 4.45. The predicted octanol–water partition coefficient (Wildman–Crippen LogP) is 6.45. The number of nitro groups is 1. The van der Waals surface area contributed by atoms with E-state index >= 15 is 0 Å². The van der Waals surface area contributed by atoms with Gasteiger partial charge in [-0.1, -0.05) is 35.3 Å². The van der Waals surface area contributed by atoms with Crippen LogP contribution in [0.15, 0.2) is 71.3 Å². The second kappa shape index (κ2) is 8.59. The van der Waals surface area contributed by atoms with E-state index in [1.807, 2.05) is 0 Å². The molecule has 2 heterocycles. The second-order valence-electron chi connectivity index (χ2n) is 6.50. The molecule has 0 atom stereocenters. The third-order valence-corrected chi connectivity index (χ3v) is 5.22. The minimum Gasteiger partial charge on any atom is -0.453 e. The Kier molecular flexibility index (Phi) is 5.70. The number of hydrogen-bond donors (Lipinski definition) is 1. The summed E-state index contributed by atoms with van der Waals surface area (Å²) in [4.78, 5) is 23.1. The molecule has 4 rings (SSSR count). The van der Waals surface area contributed by atoms with Gasteiger partial charge in [-0.05, 0) is 42.5 Å². The maximum absolute atomic E-state index is 12.5. The van der Waals surface area contributed by atoms with Crippen LogP contribution in [0.2, 0.25) is 10.0 Å². The number of non-ortho nitro benzene ring substituents is 1. The van der Waals surface area contributed by atoms with Crippen molar-refractivity contribution in [3.63, 3.8) is 0 Å². The van der Waals surface area contributed by atoms with Crippen LogP contribution in [0, 0.1) is 10.1 Å². The molecule has 31 heavy (non-hydrogen) atoms. The van der Waals surface area contributed by atoms with Crippen molar-refractivity contribution in [1.82, 2.24) is 10.2 Å². The topological polar surface area (TPSA) is 102 Å². The quantitative estimate of drug-likeness (QED) is 0.156. The van der Waals surface area contributed by atoms with Crippen LogP contribution in [0.5, 0.6) is 0 Å². The largest absolute Gasteiger partial charge is 0.453 e. The average Bonchev–Trinajstić information content (AvgIpc) is 3.44. The summed E-state index contributed by atoms with van der Waals surface area (Å²) in [5.41, 5.74) is 2.40. The first-order valence-corrected chi connectivity index (χ1v) is 9.74. The zero-order chi connectivity index (χ0) is 22.0. The highest BCUT2D eigenvalue weighted by molar-refractivity contribution is 6.42. The maximum Gasteiger partial charge on any atom is 0.270 e. The predicted molar refractivity (Wildman–Crippen MR) is 118 cm³/mol. The molecule has 0 fully saturated rings. The summed E-state index contributed by atoms with van der Waals surface area (Å²) >= 11 is 12.0. The minimum absolute atomic E-state index is 0.0384. The number of aromatic amines is 1. The average molecular weight is 454 g/mol. The Morgan fingerprint density at radius 1 is 1.06 bits per heavy atom. The van der Waals surface area contributed by atoms with Crippen LogP contribution in [-0.4, -0.2) is 20.9 Å². The van der Waals surface area contributed by atoms with Crippen LogP contribution < -0.4 is 0 Å². The molecule has 0 saturated carbocycles. The van der Waals surface area contributed by atoms with E-state index in [-0.39, 0.29) is 17.2 Å². The van der Waals surface area contributed by atoms with Gasteiger partial charge in [0.25, 0.3) is 5.69 Å². The lowest BCUT2D eigenvalue weighted by molar-refractivity contribution is -0.384. The molecule has 0 aliphatic carbocycles. The summed E-state index contributed by atoms with van der Waals surface area (Å²) in [5.74, 6) is 0.283. The van der Waals surface area contributed by atoms with Crippen LogP contribution in [0.1, 0.15) is 16.1 Å². The Morgan fingerprint density at radius 2 is 1.90 bits per heavy atom. The van der Waals surface area contributed by atoms with Crippen LogP contribution in [-0.2, 0) is 0 Å². The van der Waals surface area contributed by atoms with Crippen molar-refractivity contribution in [1.29, 1.82) is 0 Å². The molecule has 7 nitrogen and oxygen atoms in total. The van der Waals surface area contributed by atoms with Crippen LogP contribution >= 0.6 is 23.2 Å². The molecule has 0 spiro atoms. The zero-order valence-electron chi connectivity index (χ0n) is 15.7. The van der Waals surface area contributed by atoms with Gasteiger partial charge in [0, 0.05) is 28.8 Å². The lowest BCUT2D eigenvalue weighted by Gasteiger charge is -2.00. The number of nitrogens with zero attached hydrogens (tertiary/aromatic N) is 2. The van der Waals surface area contributed by atoms with Gasteiger partial charge in [-0.2, -0.15) is 5.10 Å². The molecule has 0 aliphatic rings. The number of hydrogen-bond acceptors (Lipinski definition) is 5. The number of nitro benzene ring substituents is 1. The van der Waals surface area contributed by atoms with E-state index < -0.39 is 4.92 Å². The van der Waals surface area contributed by atoms with E-state index in [1.165, 1.54) is 24.4 Å². The molecule has 0 bridgehead atoms. The van der Waals surface area contributed by atoms with Gasteiger partial charge in [-0.3, -0.25) is 20.0 Å². The normalized spacial score (nSPS) is 11.2. The Morgan fingerprint density at radius 3 is 2.68 bits per heavy atom. The number of ketones is 1. The van der Waals surface area contributed by atoms with Gasteiger partial charge in [0.1, 0.15) is 5.76 Å². The molecule has 4 aromatic rings. The maximum atomic E-state index is 12.5. The molecule has 9 heteroatoms. The monoisotopic (exact) mass is 453 g/mol. The number of rotatable bonds is 6. The Bertz CT molecular complexity index is 1320. The van der Waals surface area contributed by atoms with Gasteiger partial charge in [0.15, 0.2) is 5.76 Å². The number of furan rings is 1. The molecule has 0 saturated heterocycles. The highest BCUT2D eigenvalue weighted by Gasteiger charge is 2.13. The van der Waals surface area contributed by atoms with Crippen molar-refractivity contribution >= 4 is 40.7 Å². The summed E-state index contributed by atoms with van der Waals surface area (Å²) in [6, 6.07) is 14.4. The Hall–Kier alpha value is -3.68. The van der Waals surface area contributed by atoms with E-state index in [9.17, 15) is 14.9 Å². The number of benzene rings is 2. The van der Waals surface area contributed by atoms with Crippen molar-refractivity contribution in [2.75, 3.05) is 0 Å². The zero-order valence-corrected chi connectivity index (χ0v) is 17.2. The third kappa shape index (κ3) is 4.42. The molecular formula is C22H13Cl2N3O4. The fourth-order valence-electron chi connectivity index (χ4n) is 2.95. The van der Waals surface area contributed by atoms with Gasteiger partial charge >= 0.3 is 0 Å². The van der Waals surface area contributed by atoms with Gasteiger partial charge in [0.05, 0.1) is 26.9 Å². The molecule has 0 amide bonds. The van der Waals surface area contributed by atoms with E-state index in [4.69, 9.17) is 27.6 Å². The molecule has 0 radical (unpaired) electrons. The summed E-state index contributed by atoms with van der Waals surface area (Å²) in [6.45, 7) is 0. The number of allylic oxidation sites excluding steroid dienone is 1. The number of H-pyrrole nitrogens is 1. The highest BCUT2D eigenvalue weighted by Crippen LogP contribution is 2.30. The molecule has 0 aliphatic heterocycles. The Labute approximate surface area is 186 Å². The SMILES string of the molecule is O=C(/C=C/c1cn[nH]c1-c1cccc([N+](=O)[O-])c1)c1ccc(-c2ccc(Cl)c(Cl)c2)o1. The van der Waals surface area contributed by atoms with Gasteiger partial charge in [-0.15, -0.1) is 0 Å². The number of carbonyl (C=O) groups is 1. The minimum atomic E-state index is -0.471. The van der Waals surface area contributed by atoms with E-state index in [1.54, 1.807) is 48.5 Å². The first kappa shape index (κ1) is 20.6. The van der Waals surface area contributed by atoms with E-state index in [0.717, 1.165) is 0 Å². The van der Waals surface area contributed by atoms with Crippen LogP contribution in [0.3, 0.4) is 0 Å². The molecule has 0 unspecified atom stereocenters. The first-order valence-electron chi connectivity index (χ1n) is 8.98. The van der Waals surface area contributed by atoms with E-state index in [0.29, 0.717) is 38.2 Å². The van der Waals surface area contributed by atoms with Crippen molar-refractivity contribution in [2.45, 2.75) is 0 Å². The Balaban J connectivity index is 1.55. The summed E-state index contributed by atoms with van der Waals surface area (Å²) in [5, 5.41) is 18.6. The summed E-state index contributed by atoms with van der Waals surface area (Å²) < 4.78 is 5.65. The fraction of sp³-hybridized carbons (Fsp3) is 0. The van der Waals surface area contributed by atoms with Gasteiger partial charge in [-0.25, -0.2) is 0 Å². The lowest BCUT2D eigenvalue weighted by atomic mass is 10.1. The van der Waals surface area contributed by atoms with E-state index in [2.05, 4.69) is 10.2 Å². The smallest absolute Gasteiger partial charge is 0.270 e. The van der Waals surface area contributed by atoms with Crippen LogP contribution in [0.4, 0.5) is 5.69 Å². The van der Waals surface area contributed by atoms with Crippen LogP contribution in [0.25, 0.3) is 28.7 Å². The number of nitrogens with one attached hydrogen (secondary N) is 1. The third-order valence-electron chi connectivity index (χ3n) is 4.48. The molecular weight excluding hydrogens is 441 g/mol. The van der Waals surface area contributed by atoms with Crippen molar-refractivity contribution in [3.05, 3.63) is 98.4 Å². The molecule has 2 aromatic carbocycles. The van der Waals surface area contributed by atoms with Crippen molar-refractivity contribution in [2.24, 2.45) is 0 Å². The molecule has 1 N–H and O–H groups in total. The van der Waals surface area contributed by atoms with Gasteiger partial charge in [0.2, 0.25) is 5.78 Å². The summed E-state index contributed by atoms with van der Waals surface area (Å²) in [7, 11) is 0.